The van der Waals surface area contributed by atoms with Crippen LogP contribution in [0.5, 0.6) is 5.75 Å². The molecule has 104 valence electrons. The number of hydrogen-bond donors (Lipinski definition) is 3. The second-order valence-corrected chi connectivity index (χ2v) is 4.65. The summed E-state index contributed by atoms with van der Waals surface area (Å²) in [5.74, 6) is 5.72. The van der Waals surface area contributed by atoms with Gasteiger partial charge in [0.1, 0.15) is 11.4 Å². The Balaban J connectivity index is 2.20. The number of ether oxygens (including phenoxy) is 1. The maximum absolute atomic E-state index is 12.1. The van der Waals surface area contributed by atoms with Gasteiger partial charge in [-0.1, -0.05) is 15.9 Å². The van der Waals surface area contributed by atoms with Crippen molar-refractivity contribution in [3.05, 3.63) is 40.8 Å². The highest BCUT2D eigenvalue weighted by atomic mass is 79.9. The topological polar surface area (TPSA) is 102 Å². The molecule has 0 unspecified atom stereocenters. The Morgan fingerprint density at radius 3 is 2.75 bits per heavy atom. The maximum Gasteiger partial charge on any atom is 0.275 e. The number of amides is 1. The molecule has 20 heavy (non-hydrogen) atoms. The van der Waals surface area contributed by atoms with Crippen LogP contribution < -0.4 is 21.3 Å². The summed E-state index contributed by atoms with van der Waals surface area (Å²) in [6.07, 6.45) is 2.70. The van der Waals surface area contributed by atoms with Crippen LogP contribution in [0.2, 0.25) is 0 Å². The van der Waals surface area contributed by atoms with Crippen LogP contribution >= 0.6 is 15.9 Å². The number of anilines is 2. The number of methoxy groups -OCH3 is 1. The van der Waals surface area contributed by atoms with Gasteiger partial charge in [-0.05, 0) is 18.2 Å². The standard InChI is InChI=1S/C12H12BrN5O2/c1-20-10-3-2-7(13)4-8(10)17-12(19)9-5-16-11(18-14)6-15-9/h2-6H,14H2,1H3,(H,16,18)(H,17,19). The Bertz CT molecular complexity index is 618. The van der Waals surface area contributed by atoms with E-state index < -0.39 is 5.91 Å². The highest BCUT2D eigenvalue weighted by Crippen LogP contribution is 2.28. The van der Waals surface area contributed by atoms with Crippen LogP contribution in [-0.4, -0.2) is 23.0 Å². The van der Waals surface area contributed by atoms with Crippen molar-refractivity contribution < 1.29 is 9.53 Å². The normalized spacial score (nSPS) is 9.95. The first-order valence-electron chi connectivity index (χ1n) is 5.57. The number of aromatic nitrogens is 2. The molecule has 8 heteroatoms. The number of halogens is 1. The van der Waals surface area contributed by atoms with E-state index in [1.54, 1.807) is 12.1 Å². The van der Waals surface area contributed by atoms with Crippen LogP contribution in [0.1, 0.15) is 10.5 Å². The Kier molecular flexibility index (Phi) is 4.49. The highest BCUT2D eigenvalue weighted by molar-refractivity contribution is 9.10. The third-order valence-corrected chi connectivity index (χ3v) is 2.94. The van der Waals surface area contributed by atoms with Gasteiger partial charge in [0.2, 0.25) is 0 Å². The summed E-state index contributed by atoms with van der Waals surface area (Å²) in [5.41, 5.74) is 3.05. The first kappa shape index (κ1) is 14.2. The molecule has 1 heterocycles. The van der Waals surface area contributed by atoms with Gasteiger partial charge in [0.15, 0.2) is 5.82 Å². The van der Waals surface area contributed by atoms with Crippen molar-refractivity contribution in [2.24, 2.45) is 5.84 Å². The Labute approximate surface area is 123 Å². The summed E-state index contributed by atoms with van der Waals surface area (Å²) < 4.78 is 6.00. The molecule has 1 amide bonds. The van der Waals surface area contributed by atoms with Gasteiger partial charge < -0.3 is 15.5 Å². The van der Waals surface area contributed by atoms with E-state index in [2.05, 4.69) is 36.6 Å². The zero-order valence-electron chi connectivity index (χ0n) is 10.6. The molecule has 2 rings (SSSR count). The summed E-state index contributed by atoms with van der Waals surface area (Å²) in [6, 6.07) is 5.29. The smallest absolute Gasteiger partial charge is 0.275 e. The van der Waals surface area contributed by atoms with Crippen LogP contribution in [0.15, 0.2) is 35.1 Å². The number of nitrogen functional groups attached to an aromatic ring is 1. The molecule has 2 aromatic rings. The van der Waals surface area contributed by atoms with Crippen LogP contribution in [0.25, 0.3) is 0 Å². The van der Waals surface area contributed by atoms with Crippen molar-refractivity contribution in [3.63, 3.8) is 0 Å². The fourth-order valence-electron chi connectivity index (χ4n) is 1.48. The van der Waals surface area contributed by atoms with Crippen molar-refractivity contribution in [2.45, 2.75) is 0 Å². The van der Waals surface area contributed by atoms with E-state index in [9.17, 15) is 4.79 Å². The minimum Gasteiger partial charge on any atom is -0.495 e. The number of nitrogens with two attached hydrogens (primary N) is 1. The molecule has 0 aliphatic carbocycles. The quantitative estimate of drug-likeness (QED) is 0.580. The van der Waals surface area contributed by atoms with Gasteiger partial charge in [-0.15, -0.1) is 0 Å². The summed E-state index contributed by atoms with van der Waals surface area (Å²) in [4.78, 5) is 19.9. The monoisotopic (exact) mass is 337 g/mol. The number of carbonyl (C=O) groups is 1. The Hall–Kier alpha value is -2.19. The third kappa shape index (κ3) is 3.22. The number of nitrogens with one attached hydrogen (secondary N) is 2. The molecule has 0 atom stereocenters. The first-order chi connectivity index (χ1) is 9.63. The summed E-state index contributed by atoms with van der Waals surface area (Å²) >= 11 is 3.33. The van der Waals surface area contributed by atoms with Gasteiger partial charge in [-0.3, -0.25) is 4.79 Å². The Morgan fingerprint density at radius 2 is 2.15 bits per heavy atom. The average molecular weight is 338 g/mol. The van der Waals surface area contributed by atoms with E-state index in [1.807, 2.05) is 6.07 Å². The van der Waals surface area contributed by atoms with E-state index in [0.29, 0.717) is 17.3 Å². The van der Waals surface area contributed by atoms with Crippen LogP contribution in [0, 0.1) is 0 Å². The lowest BCUT2D eigenvalue weighted by molar-refractivity contribution is 0.102. The summed E-state index contributed by atoms with van der Waals surface area (Å²) in [7, 11) is 1.53. The molecular formula is C12H12BrN5O2. The third-order valence-electron chi connectivity index (χ3n) is 2.44. The maximum atomic E-state index is 12.1. The largest absolute Gasteiger partial charge is 0.495 e. The van der Waals surface area contributed by atoms with E-state index in [4.69, 9.17) is 10.6 Å². The van der Waals surface area contributed by atoms with E-state index >= 15 is 0 Å². The molecular weight excluding hydrogens is 326 g/mol. The van der Waals surface area contributed by atoms with E-state index in [0.717, 1.165) is 4.47 Å². The van der Waals surface area contributed by atoms with Gasteiger partial charge in [-0.2, -0.15) is 0 Å². The van der Waals surface area contributed by atoms with Gasteiger partial charge in [-0.25, -0.2) is 15.8 Å². The number of benzene rings is 1. The molecule has 0 spiro atoms. The van der Waals surface area contributed by atoms with Crippen molar-refractivity contribution >= 4 is 33.3 Å². The lowest BCUT2D eigenvalue weighted by atomic mass is 10.3. The predicted octanol–water partition coefficient (Wildman–Crippen LogP) is 1.79. The number of nitrogens with zero attached hydrogens (tertiary/aromatic N) is 2. The minimum atomic E-state index is -0.391. The van der Waals surface area contributed by atoms with E-state index in [-0.39, 0.29) is 5.69 Å². The molecule has 0 saturated carbocycles. The van der Waals surface area contributed by atoms with Crippen LogP contribution in [0.3, 0.4) is 0 Å². The van der Waals surface area contributed by atoms with Gasteiger partial charge in [0, 0.05) is 4.47 Å². The molecule has 1 aromatic heterocycles. The van der Waals surface area contributed by atoms with Crippen LogP contribution in [-0.2, 0) is 0 Å². The highest BCUT2D eigenvalue weighted by Gasteiger charge is 2.11. The van der Waals surface area contributed by atoms with Crippen molar-refractivity contribution in [1.29, 1.82) is 0 Å². The molecule has 7 nitrogen and oxygen atoms in total. The number of hydrazine groups is 1. The molecule has 0 bridgehead atoms. The molecule has 4 N–H and O–H groups in total. The number of hydrogen-bond acceptors (Lipinski definition) is 6. The lowest BCUT2D eigenvalue weighted by Gasteiger charge is -2.10. The molecule has 1 aromatic carbocycles. The van der Waals surface area contributed by atoms with Crippen LogP contribution in [0.4, 0.5) is 11.5 Å². The molecule has 0 radical (unpaired) electrons. The zero-order valence-corrected chi connectivity index (χ0v) is 12.1. The molecule has 0 aliphatic heterocycles. The zero-order chi connectivity index (χ0) is 14.5. The van der Waals surface area contributed by atoms with Gasteiger partial charge in [0.05, 0.1) is 25.2 Å². The fourth-order valence-corrected chi connectivity index (χ4v) is 1.85. The fraction of sp³-hybridized carbons (Fsp3) is 0.0833. The van der Waals surface area contributed by atoms with E-state index in [1.165, 1.54) is 19.5 Å². The summed E-state index contributed by atoms with van der Waals surface area (Å²) in [5, 5.41) is 2.71. The minimum absolute atomic E-state index is 0.172. The van der Waals surface area contributed by atoms with Gasteiger partial charge in [0.25, 0.3) is 5.91 Å². The predicted molar refractivity (Wildman–Crippen MR) is 78.5 cm³/mol. The average Bonchev–Trinajstić information content (AvgIpc) is 2.47. The Morgan fingerprint density at radius 1 is 1.35 bits per heavy atom. The first-order valence-corrected chi connectivity index (χ1v) is 6.37. The summed E-state index contributed by atoms with van der Waals surface area (Å²) in [6.45, 7) is 0. The van der Waals surface area contributed by atoms with Crippen molar-refractivity contribution in [3.8, 4) is 5.75 Å². The number of rotatable bonds is 4. The molecule has 0 fully saturated rings. The SMILES string of the molecule is COc1ccc(Br)cc1NC(=O)c1cnc(NN)cn1. The number of carbonyl (C=O) groups excluding carboxylic acids is 1. The molecule has 0 aliphatic rings. The molecule has 0 saturated heterocycles. The van der Waals surface area contributed by atoms with Gasteiger partial charge >= 0.3 is 0 Å². The lowest BCUT2D eigenvalue weighted by Crippen LogP contribution is -2.16. The van der Waals surface area contributed by atoms with Crippen molar-refractivity contribution in [1.82, 2.24) is 9.97 Å². The van der Waals surface area contributed by atoms with Crippen molar-refractivity contribution in [2.75, 3.05) is 17.9 Å². The second-order valence-electron chi connectivity index (χ2n) is 3.73. The second kappa shape index (κ2) is 6.31.